The van der Waals surface area contributed by atoms with Crippen molar-refractivity contribution in [3.63, 3.8) is 0 Å². The fourth-order valence-electron chi connectivity index (χ4n) is 2.93. The average Bonchev–Trinajstić information content (AvgIpc) is 3.09. The number of nitrogens with one attached hydrogen (secondary N) is 1. The van der Waals surface area contributed by atoms with E-state index in [9.17, 15) is 13.2 Å². The van der Waals surface area contributed by atoms with Crippen molar-refractivity contribution in [2.45, 2.75) is 25.3 Å². The molecule has 0 radical (unpaired) electrons. The molecule has 0 spiro atoms. The molecule has 1 heterocycles. The number of sulfone groups is 1. The number of carbonyl (C=O) groups is 1. The molecule has 2 rings (SSSR count). The van der Waals surface area contributed by atoms with E-state index < -0.39 is 9.84 Å². The van der Waals surface area contributed by atoms with Gasteiger partial charge in [-0.2, -0.15) is 0 Å². The second-order valence-corrected chi connectivity index (χ2v) is 8.30. The molecule has 2 fully saturated rings. The van der Waals surface area contributed by atoms with Crippen LogP contribution < -0.4 is 5.32 Å². The molecule has 1 amide bonds. The van der Waals surface area contributed by atoms with Gasteiger partial charge in [0.05, 0.1) is 12.4 Å². The largest absolute Gasteiger partial charge is 0.396 e. The molecule has 2 atom stereocenters. The number of hydrogen-bond donors (Lipinski definition) is 2. The minimum Gasteiger partial charge on any atom is -0.396 e. The highest BCUT2D eigenvalue weighted by molar-refractivity contribution is 7.90. The summed E-state index contributed by atoms with van der Waals surface area (Å²) in [4.78, 5) is 13.8. The van der Waals surface area contributed by atoms with Gasteiger partial charge in [0.1, 0.15) is 9.84 Å². The second-order valence-electron chi connectivity index (χ2n) is 6.04. The molecular weight excluding hydrogens is 280 g/mol. The van der Waals surface area contributed by atoms with Crippen LogP contribution in [0.2, 0.25) is 0 Å². The lowest BCUT2D eigenvalue weighted by Gasteiger charge is -2.19. The van der Waals surface area contributed by atoms with E-state index in [1.807, 2.05) is 0 Å². The van der Waals surface area contributed by atoms with Crippen LogP contribution in [-0.4, -0.2) is 68.6 Å². The van der Waals surface area contributed by atoms with Crippen molar-refractivity contribution in [1.82, 2.24) is 10.2 Å². The van der Waals surface area contributed by atoms with Gasteiger partial charge < -0.3 is 10.4 Å². The van der Waals surface area contributed by atoms with Gasteiger partial charge in [-0.25, -0.2) is 8.42 Å². The maximum absolute atomic E-state index is 11.6. The standard InChI is InChI=1S/C13H24N2O4S/c1-20(18,19)7-5-15-8-11(10-2-3-10)12(9-15)14-13(17)4-6-16/h10-12,16H,2-9H2,1H3,(H,14,17)/t11-,12+/m1/s1. The highest BCUT2D eigenvalue weighted by Crippen LogP contribution is 2.41. The first-order valence-electron chi connectivity index (χ1n) is 7.19. The SMILES string of the molecule is CS(=O)(=O)CCN1C[C@H](NC(=O)CCO)[C@@H](C2CC2)C1. The minimum absolute atomic E-state index is 0.0983. The molecule has 0 bridgehead atoms. The first-order valence-corrected chi connectivity index (χ1v) is 9.25. The molecule has 20 heavy (non-hydrogen) atoms. The summed E-state index contributed by atoms with van der Waals surface area (Å²) >= 11 is 0. The Morgan fingerprint density at radius 2 is 2.05 bits per heavy atom. The lowest BCUT2D eigenvalue weighted by Crippen LogP contribution is -2.41. The molecule has 116 valence electrons. The smallest absolute Gasteiger partial charge is 0.222 e. The van der Waals surface area contributed by atoms with E-state index in [4.69, 9.17) is 5.11 Å². The Labute approximate surface area is 120 Å². The Kier molecular flexibility index (Phi) is 5.04. The Hall–Kier alpha value is -0.660. The van der Waals surface area contributed by atoms with Crippen molar-refractivity contribution in [2.75, 3.05) is 38.2 Å². The van der Waals surface area contributed by atoms with E-state index in [2.05, 4.69) is 10.2 Å². The maximum Gasteiger partial charge on any atom is 0.222 e. The van der Waals surface area contributed by atoms with Crippen molar-refractivity contribution < 1.29 is 18.3 Å². The molecule has 2 aliphatic rings. The van der Waals surface area contributed by atoms with Crippen LogP contribution in [0, 0.1) is 11.8 Å². The van der Waals surface area contributed by atoms with Crippen molar-refractivity contribution in [1.29, 1.82) is 0 Å². The van der Waals surface area contributed by atoms with Crippen LogP contribution in [0.1, 0.15) is 19.3 Å². The third-order valence-corrected chi connectivity index (χ3v) is 5.06. The van der Waals surface area contributed by atoms with Gasteiger partial charge in [-0.3, -0.25) is 9.69 Å². The Bertz CT molecular complexity index is 447. The molecule has 7 heteroatoms. The molecule has 2 N–H and O–H groups in total. The topological polar surface area (TPSA) is 86.7 Å². The first kappa shape index (κ1) is 15.7. The van der Waals surface area contributed by atoms with Gasteiger partial charge >= 0.3 is 0 Å². The zero-order chi connectivity index (χ0) is 14.8. The molecule has 0 aromatic heterocycles. The normalized spacial score (nSPS) is 27.7. The molecule has 0 aromatic rings. The number of nitrogens with zero attached hydrogens (tertiary/aromatic N) is 1. The van der Waals surface area contributed by atoms with Gasteiger partial charge in [0.15, 0.2) is 0 Å². The average molecular weight is 304 g/mol. The lowest BCUT2D eigenvalue weighted by atomic mass is 9.98. The number of likely N-dealkylation sites (tertiary alicyclic amines) is 1. The van der Waals surface area contributed by atoms with Gasteiger partial charge in [-0.15, -0.1) is 0 Å². The number of aliphatic hydroxyl groups is 1. The Balaban J connectivity index is 1.88. The number of hydrogen-bond acceptors (Lipinski definition) is 5. The maximum atomic E-state index is 11.6. The van der Waals surface area contributed by atoms with Crippen molar-refractivity contribution in [3.8, 4) is 0 Å². The van der Waals surface area contributed by atoms with Gasteiger partial charge in [-0.05, 0) is 24.7 Å². The van der Waals surface area contributed by atoms with Crippen LogP contribution in [0.5, 0.6) is 0 Å². The third-order valence-electron chi connectivity index (χ3n) is 4.13. The van der Waals surface area contributed by atoms with Crippen molar-refractivity contribution in [2.24, 2.45) is 11.8 Å². The zero-order valence-electron chi connectivity index (χ0n) is 11.9. The van der Waals surface area contributed by atoms with Gasteiger partial charge in [-0.1, -0.05) is 0 Å². The highest BCUT2D eigenvalue weighted by Gasteiger charge is 2.42. The molecule has 1 aliphatic carbocycles. The fourth-order valence-corrected chi connectivity index (χ4v) is 3.52. The van der Waals surface area contributed by atoms with Crippen LogP contribution >= 0.6 is 0 Å². The summed E-state index contributed by atoms with van der Waals surface area (Å²) in [6.45, 7) is 1.98. The van der Waals surface area contributed by atoms with E-state index in [-0.39, 0.29) is 30.7 Å². The van der Waals surface area contributed by atoms with Gasteiger partial charge in [0.2, 0.25) is 5.91 Å². The number of rotatable bonds is 7. The third kappa shape index (κ3) is 4.71. The minimum atomic E-state index is -2.94. The van der Waals surface area contributed by atoms with E-state index in [1.165, 1.54) is 19.1 Å². The number of aliphatic hydroxyl groups excluding tert-OH is 1. The van der Waals surface area contributed by atoms with E-state index in [1.54, 1.807) is 0 Å². The fraction of sp³-hybridized carbons (Fsp3) is 0.923. The molecule has 1 saturated carbocycles. The van der Waals surface area contributed by atoms with Crippen molar-refractivity contribution in [3.05, 3.63) is 0 Å². The monoisotopic (exact) mass is 304 g/mol. The van der Waals surface area contributed by atoms with E-state index in [0.29, 0.717) is 24.9 Å². The van der Waals surface area contributed by atoms with Crippen LogP contribution in [0.15, 0.2) is 0 Å². The van der Waals surface area contributed by atoms with Gasteiger partial charge in [0, 0.05) is 38.4 Å². The summed E-state index contributed by atoms with van der Waals surface area (Å²) in [5.74, 6) is 1.14. The predicted molar refractivity (Wildman–Crippen MR) is 76.0 cm³/mol. The van der Waals surface area contributed by atoms with E-state index >= 15 is 0 Å². The van der Waals surface area contributed by atoms with Gasteiger partial charge in [0.25, 0.3) is 0 Å². The number of carbonyl (C=O) groups excluding carboxylic acids is 1. The van der Waals surface area contributed by atoms with Crippen LogP contribution in [0.25, 0.3) is 0 Å². The lowest BCUT2D eigenvalue weighted by molar-refractivity contribution is -0.122. The molecule has 1 aliphatic heterocycles. The van der Waals surface area contributed by atoms with Crippen LogP contribution in [0.4, 0.5) is 0 Å². The predicted octanol–water partition coefficient (Wildman–Crippen LogP) is -0.760. The van der Waals surface area contributed by atoms with Crippen molar-refractivity contribution >= 4 is 15.7 Å². The summed E-state index contributed by atoms with van der Waals surface area (Å²) in [5.41, 5.74) is 0. The molecular formula is C13H24N2O4S. The zero-order valence-corrected chi connectivity index (χ0v) is 12.7. The Morgan fingerprint density at radius 3 is 2.60 bits per heavy atom. The number of amides is 1. The van der Waals surface area contributed by atoms with E-state index in [0.717, 1.165) is 6.54 Å². The summed E-state index contributed by atoms with van der Waals surface area (Å²) in [6.07, 6.45) is 3.80. The molecule has 6 nitrogen and oxygen atoms in total. The summed E-state index contributed by atoms with van der Waals surface area (Å²) in [5, 5.41) is 11.8. The first-order chi connectivity index (χ1) is 9.39. The Morgan fingerprint density at radius 1 is 1.35 bits per heavy atom. The van der Waals surface area contributed by atoms with Crippen LogP contribution in [-0.2, 0) is 14.6 Å². The molecule has 0 unspecified atom stereocenters. The van der Waals surface area contributed by atoms with Crippen LogP contribution in [0.3, 0.4) is 0 Å². The summed E-state index contributed by atoms with van der Waals surface area (Å²) < 4.78 is 22.5. The molecule has 1 saturated heterocycles. The highest BCUT2D eigenvalue weighted by atomic mass is 32.2. The quantitative estimate of drug-likeness (QED) is 0.646. The summed E-state index contributed by atoms with van der Waals surface area (Å²) in [7, 11) is -2.94. The second kappa shape index (κ2) is 6.41. The summed E-state index contributed by atoms with van der Waals surface area (Å²) in [6, 6.07) is 0.0983. The molecule has 0 aromatic carbocycles.